The van der Waals surface area contributed by atoms with Crippen LogP contribution in [0.1, 0.15) is 41.9 Å². The number of nitrogens with one attached hydrogen (secondary N) is 2. The first-order valence-corrected chi connectivity index (χ1v) is 9.43. The smallest absolute Gasteiger partial charge is 0.270 e. The topological polar surface area (TPSA) is 84.0 Å². The van der Waals surface area contributed by atoms with Gasteiger partial charge in [-0.25, -0.2) is 14.4 Å². The number of rotatable bonds is 6. The van der Waals surface area contributed by atoms with E-state index in [-0.39, 0.29) is 29.7 Å². The molecule has 0 saturated heterocycles. The zero-order valence-corrected chi connectivity index (χ0v) is 16.3. The number of thiophene rings is 1. The molecule has 0 bridgehead atoms. The lowest BCUT2D eigenvalue weighted by Crippen LogP contribution is -2.27. The number of carbonyl (C=O) groups excluding carboxylic acids is 2. The Morgan fingerprint density at radius 2 is 1.64 bits per heavy atom. The third-order valence-electron chi connectivity index (χ3n) is 4.03. The zero-order chi connectivity index (χ0) is 20.1. The summed E-state index contributed by atoms with van der Waals surface area (Å²) in [4.78, 5) is 34.7. The minimum atomic E-state index is -0.438. The third kappa shape index (κ3) is 4.98. The zero-order valence-electron chi connectivity index (χ0n) is 15.5. The third-order valence-corrected chi connectivity index (χ3v) is 5.03. The van der Waals surface area contributed by atoms with Crippen molar-refractivity contribution in [3.63, 3.8) is 0 Å². The SMILES string of the molecule is Cc1ccc(CNC(=O)c2cc(C(=O)NCc3ccc(F)c(C)c3)ncn2)s1. The van der Waals surface area contributed by atoms with Gasteiger partial charge in [-0.1, -0.05) is 12.1 Å². The number of halogens is 1. The molecule has 28 heavy (non-hydrogen) atoms. The molecule has 2 amide bonds. The maximum Gasteiger partial charge on any atom is 0.270 e. The van der Waals surface area contributed by atoms with Crippen molar-refractivity contribution in [2.24, 2.45) is 0 Å². The fraction of sp³-hybridized carbons (Fsp3) is 0.200. The van der Waals surface area contributed by atoms with Crippen molar-refractivity contribution in [2.75, 3.05) is 0 Å². The molecule has 0 atom stereocenters. The molecule has 2 heterocycles. The van der Waals surface area contributed by atoms with E-state index in [2.05, 4.69) is 20.6 Å². The Balaban J connectivity index is 1.60. The van der Waals surface area contributed by atoms with Crippen LogP contribution in [0, 0.1) is 19.7 Å². The van der Waals surface area contributed by atoms with Gasteiger partial charge in [0.2, 0.25) is 0 Å². The molecule has 3 aromatic rings. The highest BCUT2D eigenvalue weighted by molar-refractivity contribution is 7.11. The number of hydrogen-bond acceptors (Lipinski definition) is 5. The van der Waals surface area contributed by atoms with E-state index in [1.54, 1.807) is 30.4 Å². The lowest BCUT2D eigenvalue weighted by molar-refractivity contribution is 0.0944. The largest absolute Gasteiger partial charge is 0.347 e. The standard InChI is InChI=1S/C20H19FN4O2S/c1-12-7-14(4-6-16(12)21)9-22-19(26)17-8-18(25-11-24-17)20(27)23-10-15-5-3-13(2)28-15/h3-8,11H,9-10H2,1-2H3,(H,22,26)(H,23,27). The van der Waals surface area contributed by atoms with Crippen molar-refractivity contribution in [3.05, 3.63) is 80.8 Å². The molecule has 144 valence electrons. The molecule has 0 spiro atoms. The fourth-order valence-corrected chi connectivity index (χ4v) is 3.36. The van der Waals surface area contributed by atoms with Crippen LogP contribution in [0.25, 0.3) is 0 Å². The predicted octanol–water partition coefficient (Wildman–Crippen LogP) is 3.15. The first-order chi connectivity index (χ1) is 13.4. The molecular weight excluding hydrogens is 379 g/mol. The summed E-state index contributed by atoms with van der Waals surface area (Å²) in [6.07, 6.45) is 1.18. The van der Waals surface area contributed by atoms with E-state index in [9.17, 15) is 14.0 Å². The van der Waals surface area contributed by atoms with Crippen molar-refractivity contribution < 1.29 is 14.0 Å². The fourth-order valence-electron chi connectivity index (χ4n) is 2.53. The van der Waals surface area contributed by atoms with Crippen LogP contribution in [0.3, 0.4) is 0 Å². The van der Waals surface area contributed by atoms with Gasteiger partial charge in [-0.15, -0.1) is 11.3 Å². The molecule has 0 aliphatic carbocycles. The second kappa shape index (κ2) is 8.71. The van der Waals surface area contributed by atoms with E-state index < -0.39 is 5.91 Å². The van der Waals surface area contributed by atoms with Crippen LogP contribution in [0.15, 0.2) is 42.7 Å². The molecule has 0 fully saturated rings. The monoisotopic (exact) mass is 398 g/mol. The maximum absolute atomic E-state index is 13.3. The summed E-state index contributed by atoms with van der Waals surface area (Å²) >= 11 is 1.60. The van der Waals surface area contributed by atoms with Gasteiger partial charge >= 0.3 is 0 Å². The van der Waals surface area contributed by atoms with E-state index in [0.717, 1.165) is 10.4 Å². The summed E-state index contributed by atoms with van der Waals surface area (Å²) in [5.74, 6) is -1.11. The highest BCUT2D eigenvalue weighted by Gasteiger charge is 2.13. The summed E-state index contributed by atoms with van der Waals surface area (Å²) in [5.41, 5.74) is 1.48. The van der Waals surface area contributed by atoms with Crippen LogP contribution in [0.5, 0.6) is 0 Å². The highest BCUT2D eigenvalue weighted by atomic mass is 32.1. The van der Waals surface area contributed by atoms with Crippen LogP contribution in [-0.4, -0.2) is 21.8 Å². The number of carbonyl (C=O) groups is 2. The number of benzene rings is 1. The molecule has 0 radical (unpaired) electrons. The molecule has 0 saturated carbocycles. The second-order valence-electron chi connectivity index (χ2n) is 6.25. The average molecular weight is 398 g/mol. The normalized spacial score (nSPS) is 10.5. The summed E-state index contributed by atoms with van der Waals surface area (Å²) in [5, 5.41) is 5.49. The molecule has 0 unspecified atom stereocenters. The van der Waals surface area contributed by atoms with Crippen LogP contribution in [0.4, 0.5) is 4.39 Å². The Hall–Kier alpha value is -3.13. The van der Waals surface area contributed by atoms with Crippen LogP contribution in [0.2, 0.25) is 0 Å². The maximum atomic E-state index is 13.3. The van der Waals surface area contributed by atoms with E-state index in [4.69, 9.17) is 0 Å². The molecule has 6 nitrogen and oxygen atoms in total. The van der Waals surface area contributed by atoms with Gasteiger partial charge < -0.3 is 10.6 Å². The number of amides is 2. The number of hydrogen-bond donors (Lipinski definition) is 2. The summed E-state index contributed by atoms with van der Waals surface area (Å²) in [6, 6.07) is 9.92. The van der Waals surface area contributed by atoms with Crippen LogP contribution < -0.4 is 10.6 Å². The Morgan fingerprint density at radius 3 is 2.25 bits per heavy atom. The Morgan fingerprint density at radius 1 is 0.964 bits per heavy atom. The van der Waals surface area contributed by atoms with E-state index in [0.29, 0.717) is 12.1 Å². The van der Waals surface area contributed by atoms with Crippen molar-refractivity contribution in [2.45, 2.75) is 26.9 Å². The summed E-state index contributed by atoms with van der Waals surface area (Å²) in [6.45, 7) is 4.28. The summed E-state index contributed by atoms with van der Waals surface area (Å²) < 4.78 is 13.3. The number of aromatic nitrogens is 2. The van der Waals surface area contributed by atoms with E-state index in [1.165, 1.54) is 23.3 Å². The van der Waals surface area contributed by atoms with Crippen molar-refractivity contribution in [1.82, 2.24) is 20.6 Å². The predicted molar refractivity (Wildman–Crippen MR) is 105 cm³/mol. The van der Waals surface area contributed by atoms with Gasteiger partial charge in [0, 0.05) is 22.4 Å². The van der Waals surface area contributed by atoms with Crippen LogP contribution >= 0.6 is 11.3 Å². The highest BCUT2D eigenvalue weighted by Crippen LogP contribution is 2.14. The Kier molecular flexibility index (Phi) is 6.10. The minimum Gasteiger partial charge on any atom is -0.347 e. The molecule has 2 N–H and O–H groups in total. The quantitative estimate of drug-likeness (QED) is 0.668. The average Bonchev–Trinajstić information content (AvgIpc) is 3.12. The van der Waals surface area contributed by atoms with E-state index in [1.807, 2.05) is 19.1 Å². The number of aryl methyl sites for hydroxylation is 2. The molecule has 2 aromatic heterocycles. The first-order valence-electron chi connectivity index (χ1n) is 8.61. The molecule has 1 aromatic carbocycles. The van der Waals surface area contributed by atoms with Gasteiger partial charge in [0.25, 0.3) is 11.8 Å². The van der Waals surface area contributed by atoms with Gasteiger partial charge in [0.15, 0.2) is 0 Å². The molecule has 3 rings (SSSR count). The molecule has 8 heteroatoms. The van der Waals surface area contributed by atoms with Crippen molar-refractivity contribution in [1.29, 1.82) is 0 Å². The molecule has 0 aliphatic heterocycles. The van der Waals surface area contributed by atoms with Gasteiger partial charge in [-0.2, -0.15) is 0 Å². The molecular formula is C20H19FN4O2S. The van der Waals surface area contributed by atoms with Crippen LogP contribution in [-0.2, 0) is 13.1 Å². The van der Waals surface area contributed by atoms with Gasteiger partial charge in [0.05, 0.1) is 6.54 Å². The molecule has 0 aliphatic rings. The second-order valence-corrected chi connectivity index (χ2v) is 7.62. The van der Waals surface area contributed by atoms with Gasteiger partial charge in [-0.05, 0) is 43.2 Å². The number of nitrogens with zero attached hydrogens (tertiary/aromatic N) is 2. The van der Waals surface area contributed by atoms with Crippen molar-refractivity contribution >= 4 is 23.2 Å². The lowest BCUT2D eigenvalue weighted by atomic mass is 10.1. The minimum absolute atomic E-state index is 0.0888. The van der Waals surface area contributed by atoms with Gasteiger partial charge in [-0.3, -0.25) is 9.59 Å². The summed E-state index contributed by atoms with van der Waals surface area (Å²) in [7, 11) is 0. The van der Waals surface area contributed by atoms with Crippen molar-refractivity contribution in [3.8, 4) is 0 Å². The Labute approximate surface area is 165 Å². The first kappa shape index (κ1) is 19.6. The Bertz CT molecular complexity index is 1020. The lowest BCUT2D eigenvalue weighted by Gasteiger charge is -2.07. The van der Waals surface area contributed by atoms with Gasteiger partial charge in [0.1, 0.15) is 23.5 Å². The van der Waals surface area contributed by atoms with E-state index >= 15 is 0 Å².